The second-order valence-corrected chi connectivity index (χ2v) is 4.21. The highest BCUT2D eigenvalue weighted by molar-refractivity contribution is 5.43. The van der Waals surface area contributed by atoms with Gasteiger partial charge in [-0.1, -0.05) is 6.07 Å². The third-order valence-corrected chi connectivity index (χ3v) is 2.65. The van der Waals surface area contributed by atoms with Gasteiger partial charge in [0.25, 0.3) is 0 Å². The van der Waals surface area contributed by atoms with E-state index in [1.165, 1.54) is 5.56 Å². The standard InChI is InChI=1S/C12H20N2O2/c1-9-10(6-7-16-13)4-5-12(15)11(9)8-14(2)3/h4-5,15H,6-8,13H2,1-3H3. The molecule has 3 N–H and O–H groups in total. The zero-order valence-electron chi connectivity index (χ0n) is 10.2. The van der Waals surface area contributed by atoms with E-state index < -0.39 is 0 Å². The van der Waals surface area contributed by atoms with E-state index in [9.17, 15) is 5.11 Å². The normalized spacial score (nSPS) is 11.1. The number of aromatic hydroxyl groups is 1. The Kier molecular flexibility index (Phi) is 4.73. The summed E-state index contributed by atoms with van der Waals surface area (Å²) in [6, 6.07) is 3.65. The molecule has 4 heteroatoms. The first-order valence-corrected chi connectivity index (χ1v) is 5.33. The molecular formula is C12H20N2O2. The minimum atomic E-state index is 0.351. The maximum atomic E-state index is 9.81. The number of rotatable bonds is 5. The molecular weight excluding hydrogens is 204 g/mol. The van der Waals surface area contributed by atoms with Gasteiger partial charge in [-0.15, -0.1) is 0 Å². The number of nitrogens with two attached hydrogens (primary N) is 1. The summed E-state index contributed by atoms with van der Waals surface area (Å²) in [6.07, 6.45) is 0.767. The van der Waals surface area contributed by atoms with Crippen molar-refractivity contribution in [2.75, 3.05) is 20.7 Å². The summed E-state index contributed by atoms with van der Waals surface area (Å²) in [6.45, 7) is 3.24. The average Bonchev–Trinajstić information content (AvgIpc) is 2.23. The van der Waals surface area contributed by atoms with Gasteiger partial charge in [0, 0.05) is 12.1 Å². The maximum absolute atomic E-state index is 9.81. The van der Waals surface area contributed by atoms with E-state index in [2.05, 4.69) is 4.84 Å². The van der Waals surface area contributed by atoms with Crippen molar-refractivity contribution in [1.29, 1.82) is 0 Å². The van der Waals surface area contributed by atoms with Crippen LogP contribution in [-0.4, -0.2) is 30.7 Å². The Bertz CT molecular complexity index is 351. The van der Waals surface area contributed by atoms with Crippen molar-refractivity contribution in [1.82, 2.24) is 4.90 Å². The Morgan fingerprint density at radius 1 is 1.38 bits per heavy atom. The largest absolute Gasteiger partial charge is 0.508 e. The lowest BCUT2D eigenvalue weighted by Gasteiger charge is -2.16. The summed E-state index contributed by atoms with van der Waals surface area (Å²) < 4.78 is 0. The molecule has 0 aromatic heterocycles. The predicted octanol–water partition coefficient (Wildman–Crippen LogP) is 1.20. The van der Waals surface area contributed by atoms with Crippen molar-refractivity contribution in [3.63, 3.8) is 0 Å². The van der Waals surface area contributed by atoms with E-state index in [1.54, 1.807) is 6.07 Å². The Hall–Kier alpha value is -1.10. The van der Waals surface area contributed by atoms with Crippen LogP contribution in [0.3, 0.4) is 0 Å². The van der Waals surface area contributed by atoms with Crippen LogP contribution in [0.4, 0.5) is 0 Å². The smallest absolute Gasteiger partial charge is 0.120 e. The van der Waals surface area contributed by atoms with Gasteiger partial charge in [0.15, 0.2) is 0 Å². The molecule has 0 aliphatic carbocycles. The summed E-state index contributed by atoms with van der Waals surface area (Å²) >= 11 is 0. The molecule has 0 unspecified atom stereocenters. The molecule has 16 heavy (non-hydrogen) atoms. The van der Waals surface area contributed by atoms with Crippen LogP contribution in [0.2, 0.25) is 0 Å². The highest BCUT2D eigenvalue weighted by atomic mass is 16.6. The summed E-state index contributed by atoms with van der Waals surface area (Å²) in [5.41, 5.74) is 3.25. The molecule has 0 heterocycles. The average molecular weight is 224 g/mol. The SMILES string of the molecule is Cc1c(CCON)ccc(O)c1CN(C)C. The molecule has 1 aromatic rings. The molecule has 0 radical (unpaired) electrons. The first kappa shape index (κ1) is 13.0. The van der Waals surface area contributed by atoms with E-state index in [0.717, 1.165) is 24.1 Å². The van der Waals surface area contributed by atoms with E-state index in [-0.39, 0.29) is 0 Å². The minimum Gasteiger partial charge on any atom is -0.508 e. The van der Waals surface area contributed by atoms with Crippen LogP contribution in [0.5, 0.6) is 5.75 Å². The molecule has 0 saturated carbocycles. The fraction of sp³-hybridized carbons (Fsp3) is 0.500. The Balaban J connectivity index is 2.96. The Morgan fingerprint density at radius 2 is 2.06 bits per heavy atom. The molecule has 0 aliphatic heterocycles. The molecule has 1 rings (SSSR count). The molecule has 4 nitrogen and oxygen atoms in total. The number of hydrogen-bond acceptors (Lipinski definition) is 4. The molecule has 0 fully saturated rings. The summed E-state index contributed by atoms with van der Waals surface area (Å²) in [7, 11) is 3.96. The van der Waals surface area contributed by atoms with E-state index in [1.807, 2.05) is 32.0 Å². The third-order valence-electron chi connectivity index (χ3n) is 2.65. The lowest BCUT2D eigenvalue weighted by molar-refractivity contribution is 0.141. The first-order valence-electron chi connectivity index (χ1n) is 5.33. The lowest BCUT2D eigenvalue weighted by Crippen LogP contribution is -2.13. The Labute approximate surface area is 96.6 Å². The molecule has 1 aromatic carbocycles. The van der Waals surface area contributed by atoms with Gasteiger partial charge >= 0.3 is 0 Å². The van der Waals surface area contributed by atoms with Gasteiger partial charge in [-0.2, -0.15) is 0 Å². The first-order chi connectivity index (χ1) is 7.56. The van der Waals surface area contributed by atoms with E-state index in [4.69, 9.17) is 5.90 Å². The quantitative estimate of drug-likeness (QED) is 0.738. The molecule has 0 spiro atoms. The van der Waals surface area contributed by atoms with Crippen molar-refractivity contribution in [2.24, 2.45) is 5.90 Å². The number of nitrogens with zero attached hydrogens (tertiary/aromatic N) is 1. The fourth-order valence-electron chi connectivity index (χ4n) is 1.75. The van der Waals surface area contributed by atoms with Crippen molar-refractivity contribution in [3.05, 3.63) is 28.8 Å². The third kappa shape index (κ3) is 3.20. The lowest BCUT2D eigenvalue weighted by atomic mass is 9.99. The zero-order chi connectivity index (χ0) is 12.1. The zero-order valence-corrected chi connectivity index (χ0v) is 10.2. The topological polar surface area (TPSA) is 58.7 Å². The molecule has 0 amide bonds. The summed E-state index contributed by atoms with van der Waals surface area (Å²) in [5, 5.41) is 9.81. The van der Waals surface area contributed by atoms with Crippen molar-refractivity contribution < 1.29 is 9.94 Å². The van der Waals surface area contributed by atoms with Gasteiger partial charge in [0.2, 0.25) is 0 Å². The van der Waals surface area contributed by atoms with Crippen LogP contribution in [0, 0.1) is 6.92 Å². The van der Waals surface area contributed by atoms with E-state index >= 15 is 0 Å². The van der Waals surface area contributed by atoms with Crippen LogP contribution < -0.4 is 5.90 Å². The van der Waals surface area contributed by atoms with Crippen LogP contribution in [-0.2, 0) is 17.8 Å². The number of hydrogen-bond donors (Lipinski definition) is 2. The maximum Gasteiger partial charge on any atom is 0.120 e. The van der Waals surface area contributed by atoms with Crippen LogP contribution in [0.25, 0.3) is 0 Å². The van der Waals surface area contributed by atoms with Crippen molar-refractivity contribution in [2.45, 2.75) is 19.9 Å². The van der Waals surface area contributed by atoms with Gasteiger partial charge < -0.3 is 14.8 Å². The molecule has 0 saturated heterocycles. The Morgan fingerprint density at radius 3 is 2.62 bits per heavy atom. The highest BCUT2D eigenvalue weighted by Gasteiger charge is 2.10. The molecule has 0 aliphatic rings. The van der Waals surface area contributed by atoms with Gasteiger partial charge in [-0.25, -0.2) is 5.90 Å². The minimum absolute atomic E-state index is 0.351. The number of phenols is 1. The molecule has 0 atom stereocenters. The van der Waals surface area contributed by atoms with Crippen LogP contribution in [0.1, 0.15) is 16.7 Å². The predicted molar refractivity (Wildman–Crippen MR) is 64.1 cm³/mol. The molecule has 0 bridgehead atoms. The monoisotopic (exact) mass is 224 g/mol. The molecule has 90 valence electrons. The second-order valence-electron chi connectivity index (χ2n) is 4.21. The number of benzene rings is 1. The fourth-order valence-corrected chi connectivity index (χ4v) is 1.75. The number of phenolic OH excluding ortho intramolecular Hbond substituents is 1. The van der Waals surface area contributed by atoms with Gasteiger partial charge in [-0.3, -0.25) is 0 Å². The second kappa shape index (κ2) is 5.84. The van der Waals surface area contributed by atoms with Gasteiger partial charge in [0.05, 0.1) is 6.61 Å². The van der Waals surface area contributed by atoms with Gasteiger partial charge in [-0.05, 0) is 44.6 Å². The summed E-state index contributed by atoms with van der Waals surface area (Å²) in [5.74, 6) is 5.37. The van der Waals surface area contributed by atoms with E-state index in [0.29, 0.717) is 12.4 Å². The van der Waals surface area contributed by atoms with Gasteiger partial charge in [0.1, 0.15) is 5.75 Å². The van der Waals surface area contributed by atoms with Crippen LogP contribution in [0.15, 0.2) is 12.1 Å². The van der Waals surface area contributed by atoms with Crippen molar-refractivity contribution in [3.8, 4) is 5.75 Å². The van der Waals surface area contributed by atoms with Crippen LogP contribution >= 0.6 is 0 Å². The summed E-state index contributed by atoms with van der Waals surface area (Å²) in [4.78, 5) is 6.61. The van der Waals surface area contributed by atoms with Crippen molar-refractivity contribution >= 4 is 0 Å². The highest BCUT2D eigenvalue weighted by Crippen LogP contribution is 2.25.